The molecule has 3 N–H and O–H groups in total. The second kappa shape index (κ2) is 5.49. The summed E-state index contributed by atoms with van der Waals surface area (Å²) in [4.78, 5) is 28.2. The van der Waals surface area contributed by atoms with Crippen LogP contribution in [0.4, 0.5) is 4.79 Å². The van der Waals surface area contributed by atoms with E-state index >= 15 is 0 Å². The zero-order valence-electron chi connectivity index (χ0n) is 11.2. The summed E-state index contributed by atoms with van der Waals surface area (Å²) in [7, 11) is 0. The van der Waals surface area contributed by atoms with Crippen LogP contribution in [0.15, 0.2) is 10.6 Å². The van der Waals surface area contributed by atoms with Gasteiger partial charge in [-0.2, -0.15) is 0 Å². The van der Waals surface area contributed by atoms with Crippen LogP contribution in [0, 0.1) is 6.92 Å². The number of rotatable bonds is 3. The Morgan fingerprint density at radius 2 is 2.30 bits per heavy atom. The number of aliphatic carboxylic acids is 1. The van der Waals surface area contributed by atoms with Gasteiger partial charge in [-0.3, -0.25) is 0 Å². The van der Waals surface area contributed by atoms with Crippen molar-refractivity contribution in [2.24, 2.45) is 0 Å². The van der Waals surface area contributed by atoms with E-state index in [1.807, 2.05) is 0 Å². The van der Waals surface area contributed by atoms with Crippen LogP contribution in [0.2, 0.25) is 0 Å². The number of β-amino-alcohol motifs (C(OH)–C–C–N with tert-alkyl or cyclic N) is 1. The van der Waals surface area contributed by atoms with E-state index in [0.717, 1.165) is 4.90 Å². The first kappa shape index (κ1) is 14.3. The van der Waals surface area contributed by atoms with E-state index < -0.39 is 30.2 Å². The van der Waals surface area contributed by atoms with Gasteiger partial charge in [0.25, 0.3) is 0 Å². The van der Waals surface area contributed by atoms with Crippen molar-refractivity contribution in [2.75, 3.05) is 6.54 Å². The molecule has 8 heteroatoms. The van der Waals surface area contributed by atoms with Crippen molar-refractivity contribution in [3.05, 3.63) is 17.8 Å². The van der Waals surface area contributed by atoms with Crippen LogP contribution in [0.3, 0.4) is 0 Å². The second-order valence-corrected chi connectivity index (χ2v) is 4.88. The van der Waals surface area contributed by atoms with Gasteiger partial charge in [-0.1, -0.05) is 0 Å². The SMILES string of the molecule is Cc1cnc(C(C)NC(=O)N2CC(O)C[C@H]2C(=O)O)o1. The molecule has 3 atom stereocenters. The predicted molar refractivity (Wildman–Crippen MR) is 66.9 cm³/mol. The smallest absolute Gasteiger partial charge is 0.326 e. The van der Waals surface area contributed by atoms with Gasteiger partial charge in [0.15, 0.2) is 0 Å². The van der Waals surface area contributed by atoms with Crippen molar-refractivity contribution in [3.63, 3.8) is 0 Å². The molecular weight excluding hydrogens is 266 g/mol. The summed E-state index contributed by atoms with van der Waals surface area (Å²) >= 11 is 0. The third-order valence-electron chi connectivity index (χ3n) is 3.17. The molecule has 0 spiro atoms. The predicted octanol–water partition coefficient (Wildman–Crippen LogP) is 0.273. The fraction of sp³-hybridized carbons (Fsp3) is 0.583. The van der Waals surface area contributed by atoms with Gasteiger partial charge >= 0.3 is 12.0 Å². The quantitative estimate of drug-likeness (QED) is 0.733. The zero-order valence-corrected chi connectivity index (χ0v) is 11.2. The second-order valence-electron chi connectivity index (χ2n) is 4.88. The summed E-state index contributed by atoms with van der Waals surface area (Å²) in [5.74, 6) is -0.153. The van der Waals surface area contributed by atoms with Crippen molar-refractivity contribution in [2.45, 2.75) is 38.5 Å². The average Bonchev–Trinajstić information content (AvgIpc) is 2.95. The number of carbonyl (C=O) groups excluding carboxylic acids is 1. The summed E-state index contributed by atoms with van der Waals surface area (Å²) in [5.41, 5.74) is 0. The highest BCUT2D eigenvalue weighted by atomic mass is 16.4. The number of aromatic nitrogens is 1. The summed E-state index contributed by atoms with van der Waals surface area (Å²) in [5, 5.41) is 21.2. The Bertz CT molecular complexity index is 515. The number of aliphatic hydroxyl groups is 1. The molecule has 8 nitrogen and oxygen atoms in total. The lowest BCUT2D eigenvalue weighted by atomic mass is 10.2. The molecule has 2 unspecified atom stereocenters. The van der Waals surface area contributed by atoms with E-state index in [1.165, 1.54) is 6.20 Å². The highest BCUT2D eigenvalue weighted by Gasteiger charge is 2.39. The van der Waals surface area contributed by atoms with Gasteiger partial charge in [0.2, 0.25) is 5.89 Å². The average molecular weight is 283 g/mol. The summed E-state index contributed by atoms with van der Waals surface area (Å²) in [6.45, 7) is 3.42. The Hall–Kier alpha value is -2.09. The maximum Gasteiger partial charge on any atom is 0.326 e. The number of hydrogen-bond donors (Lipinski definition) is 3. The number of amides is 2. The molecule has 0 radical (unpaired) electrons. The largest absolute Gasteiger partial charge is 0.480 e. The van der Waals surface area contributed by atoms with Gasteiger partial charge in [-0.05, 0) is 13.8 Å². The maximum atomic E-state index is 12.1. The van der Waals surface area contributed by atoms with E-state index in [0.29, 0.717) is 11.7 Å². The fourth-order valence-electron chi connectivity index (χ4n) is 2.17. The lowest BCUT2D eigenvalue weighted by Crippen LogP contribution is -2.46. The minimum Gasteiger partial charge on any atom is -0.480 e. The third kappa shape index (κ3) is 2.90. The number of nitrogens with zero attached hydrogens (tertiary/aromatic N) is 2. The number of aliphatic hydroxyl groups excluding tert-OH is 1. The minimum absolute atomic E-state index is 0.000130. The van der Waals surface area contributed by atoms with E-state index in [-0.39, 0.29) is 13.0 Å². The molecule has 1 fully saturated rings. The first-order valence-electron chi connectivity index (χ1n) is 6.28. The van der Waals surface area contributed by atoms with Crippen LogP contribution >= 0.6 is 0 Å². The van der Waals surface area contributed by atoms with Crippen LogP contribution in [-0.2, 0) is 4.79 Å². The van der Waals surface area contributed by atoms with Gasteiger partial charge in [0.05, 0.1) is 12.3 Å². The Kier molecular flexibility index (Phi) is 3.93. The molecule has 110 valence electrons. The van der Waals surface area contributed by atoms with E-state index in [4.69, 9.17) is 9.52 Å². The van der Waals surface area contributed by atoms with E-state index in [1.54, 1.807) is 13.8 Å². The van der Waals surface area contributed by atoms with E-state index in [2.05, 4.69) is 10.3 Å². The van der Waals surface area contributed by atoms with Crippen LogP contribution < -0.4 is 5.32 Å². The van der Waals surface area contributed by atoms with Crippen molar-refractivity contribution in [1.82, 2.24) is 15.2 Å². The van der Waals surface area contributed by atoms with Crippen LogP contribution in [0.25, 0.3) is 0 Å². The minimum atomic E-state index is -1.13. The molecule has 2 rings (SSSR count). The van der Waals surface area contributed by atoms with Crippen LogP contribution in [0.1, 0.15) is 31.0 Å². The van der Waals surface area contributed by atoms with Crippen molar-refractivity contribution < 1.29 is 24.2 Å². The molecule has 0 saturated carbocycles. The number of carbonyl (C=O) groups is 2. The number of nitrogens with one attached hydrogen (secondary N) is 1. The van der Waals surface area contributed by atoms with Gasteiger partial charge in [0, 0.05) is 13.0 Å². The molecule has 2 heterocycles. The maximum absolute atomic E-state index is 12.1. The highest BCUT2D eigenvalue weighted by molar-refractivity contribution is 5.83. The number of hydrogen-bond acceptors (Lipinski definition) is 5. The Morgan fingerprint density at radius 1 is 1.60 bits per heavy atom. The first-order chi connectivity index (χ1) is 9.38. The van der Waals surface area contributed by atoms with E-state index in [9.17, 15) is 14.7 Å². The van der Waals surface area contributed by atoms with Gasteiger partial charge < -0.3 is 24.8 Å². The monoisotopic (exact) mass is 283 g/mol. The number of carboxylic acids is 1. The van der Waals surface area contributed by atoms with Crippen LogP contribution in [0.5, 0.6) is 0 Å². The molecule has 1 aromatic rings. The molecule has 1 aliphatic rings. The normalized spacial score (nSPS) is 23.6. The molecule has 0 aromatic carbocycles. The number of likely N-dealkylation sites (tertiary alicyclic amines) is 1. The molecule has 1 aromatic heterocycles. The Labute approximate surface area is 115 Å². The van der Waals surface area contributed by atoms with Crippen LogP contribution in [-0.4, -0.2) is 50.8 Å². The van der Waals surface area contributed by atoms with Crippen molar-refractivity contribution >= 4 is 12.0 Å². The molecular formula is C12H17N3O5. The molecule has 20 heavy (non-hydrogen) atoms. The summed E-state index contributed by atoms with van der Waals surface area (Å²) in [6.07, 6.45) is 0.758. The van der Waals surface area contributed by atoms with Crippen molar-refractivity contribution in [3.8, 4) is 0 Å². The lowest BCUT2D eigenvalue weighted by molar-refractivity contribution is -0.141. The molecule has 1 aliphatic heterocycles. The number of carboxylic acid groups (broad SMARTS) is 1. The highest BCUT2D eigenvalue weighted by Crippen LogP contribution is 2.19. The zero-order chi connectivity index (χ0) is 14.9. The Morgan fingerprint density at radius 3 is 2.85 bits per heavy atom. The topological polar surface area (TPSA) is 116 Å². The lowest BCUT2D eigenvalue weighted by Gasteiger charge is -2.23. The Balaban J connectivity index is 2.02. The number of oxazole rings is 1. The molecule has 1 saturated heterocycles. The standard InChI is InChI=1S/C12H17N3O5/c1-6-4-13-10(20-6)7(2)14-12(19)15-5-8(16)3-9(15)11(17)18/h4,7-9,16H,3,5H2,1-2H3,(H,14,19)(H,17,18)/t7?,8?,9-/m0/s1. The summed E-state index contributed by atoms with van der Waals surface area (Å²) < 4.78 is 5.29. The molecule has 2 amide bonds. The van der Waals surface area contributed by atoms with Gasteiger partial charge in [-0.15, -0.1) is 0 Å². The summed E-state index contributed by atoms with van der Waals surface area (Å²) in [6, 6.07) is -2.05. The molecule has 0 bridgehead atoms. The molecule has 0 aliphatic carbocycles. The van der Waals surface area contributed by atoms with Gasteiger partial charge in [0.1, 0.15) is 17.8 Å². The third-order valence-corrected chi connectivity index (χ3v) is 3.17. The van der Waals surface area contributed by atoms with Crippen molar-refractivity contribution in [1.29, 1.82) is 0 Å². The number of urea groups is 1. The first-order valence-corrected chi connectivity index (χ1v) is 6.28. The fourth-order valence-corrected chi connectivity index (χ4v) is 2.17. The van der Waals surface area contributed by atoms with Gasteiger partial charge in [-0.25, -0.2) is 14.6 Å². The number of aryl methyl sites for hydroxylation is 1.